The summed E-state index contributed by atoms with van der Waals surface area (Å²) in [5.41, 5.74) is 2.04. The number of nitrogens with zero attached hydrogens (tertiary/aromatic N) is 1. The van der Waals surface area contributed by atoms with E-state index < -0.39 is 0 Å². The second kappa shape index (κ2) is 10.7. The number of amides is 1. The maximum atomic E-state index is 13.9. The van der Waals surface area contributed by atoms with Gasteiger partial charge < -0.3 is 31.2 Å². The minimum Gasteiger partial charge on any atom is -1.00 e. The molecule has 1 amide bonds. The van der Waals surface area contributed by atoms with Crippen LogP contribution < -0.4 is 31.4 Å². The van der Waals surface area contributed by atoms with Gasteiger partial charge in [0, 0.05) is 29.8 Å². The maximum Gasteiger partial charge on any atom is 0.281 e. The van der Waals surface area contributed by atoms with Crippen LogP contribution in [0.2, 0.25) is 0 Å². The summed E-state index contributed by atoms with van der Waals surface area (Å²) in [5, 5.41) is 0.399. The quantitative estimate of drug-likeness (QED) is 0.463. The predicted octanol–water partition coefficient (Wildman–Crippen LogP) is 2.46. The lowest BCUT2D eigenvalue weighted by Gasteiger charge is -2.38. The van der Waals surface area contributed by atoms with Crippen molar-refractivity contribution in [1.82, 2.24) is 0 Å². The van der Waals surface area contributed by atoms with Crippen molar-refractivity contribution in [3.8, 4) is 11.5 Å². The van der Waals surface area contributed by atoms with Crippen LogP contribution in [0.4, 0.5) is 11.4 Å². The van der Waals surface area contributed by atoms with Crippen molar-refractivity contribution in [2.45, 2.75) is 45.0 Å². The van der Waals surface area contributed by atoms with Crippen LogP contribution >= 0.6 is 0 Å². The van der Waals surface area contributed by atoms with Gasteiger partial charge in [-0.2, -0.15) is 0 Å². The normalized spacial score (nSPS) is 27.1. The molecule has 5 nitrogen and oxygen atoms in total. The number of ether oxygens (including phenoxy) is 3. The van der Waals surface area contributed by atoms with Crippen LogP contribution in [0.5, 0.6) is 11.5 Å². The Morgan fingerprint density at radius 3 is 1.86 bits per heavy atom. The smallest absolute Gasteiger partial charge is 0.281 e. The molecule has 0 radical (unpaired) electrons. The van der Waals surface area contributed by atoms with Crippen LogP contribution in [0, 0.1) is 16.7 Å². The third kappa shape index (κ3) is 4.72. The molecule has 7 heteroatoms. The molecule has 0 aromatic heterocycles. The van der Waals surface area contributed by atoms with Crippen molar-refractivity contribution in [2.75, 3.05) is 38.2 Å². The van der Waals surface area contributed by atoms with Crippen molar-refractivity contribution in [3.05, 3.63) is 48.5 Å². The molecule has 2 aromatic carbocycles. The lowest BCUT2D eigenvalue weighted by molar-refractivity contribution is -0.115. The standard InChI is InChI=1S/C28H38NO4S.BrH/c1-27(2)23-16-17-28(27,3)26(33-6)25(23)34(7)18-24(30)29(19-8-12-21(31-4)13-9-19)20-10-14-22(32-5)15-11-20;/h8-15,23,25-26H,16-18H2,1-7H3;1H/q+1;/p-1/t23-,25-,26-,28+,34?;/m1./s1. The highest BCUT2D eigenvalue weighted by Crippen LogP contribution is 2.67. The monoisotopic (exact) mass is 563 g/mol. The summed E-state index contributed by atoms with van der Waals surface area (Å²) in [5.74, 6) is 2.70. The van der Waals surface area contributed by atoms with E-state index >= 15 is 0 Å². The molecule has 0 N–H and O–H groups in total. The Morgan fingerprint density at radius 2 is 1.43 bits per heavy atom. The van der Waals surface area contributed by atoms with Gasteiger partial charge in [0.25, 0.3) is 5.91 Å². The molecule has 4 rings (SSSR count). The van der Waals surface area contributed by atoms with Crippen molar-refractivity contribution in [1.29, 1.82) is 0 Å². The maximum absolute atomic E-state index is 13.9. The van der Waals surface area contributed by atoms with Crippen LogP contribution in [0.25, 0.3) is 0 Å². The molecule has 2 bridgehead atoms. The number of fused-ring (bicyclic) bond motifs is 2. The van der Waals surface area contributed by atoms with E-state index in [0.29, 0.717) is 16.9 Å². The largest absolute Gasteiger partial charge is 1.00 e. The highest BCUT2D eigenvalue weighted by Gasteiger charge is 2.70. The van der Waals surface area contributed by atoms with Crippen molar-refractivity contribution in [2.24, 2.45) is 16.7 Å². The van der Waals surface area contributed by atoms with E-state index in [4.69, 9.17) is 14.2 Å². The van der Waals surface area contributed by atoms with E-state index in [9.17, 15) is 4.79 Å². The highest BCUT2D eigenvalue weighted by atomic mass is 79.9. The highest BCUT2D eigenvalue weighted by molar-refractivity contribution is 7.97. The third-order valence-corrected chi connectivity index (χ3v) is 10.9. The summed E-state index contributed by atoms with van der Waals surface area (Å²) in [6, 6.07) is 15.3. The minimum atomic E-state index is -0.123. The van der Waals surface area contributed by atoms with E-state index in [-0.39, 0.29) is 50.7 Å². The van der Waals surface area contributed by atoms with Gasteiger partial charge in [-0.15, -0.1) is 0 Å². The first-order valence-electron chi connectivity index (χ1n) is 11.9. The van der Waals surface area contributed by atoms with Gasteiger partial charge in [0.15, 0.2) is 5.75 Å². The average Bonchev–Trinajstić information content (AvgIpc) is 3.17. The predicted molar refractivity (Wildman–Crippen MR) is 140 cm³/mol. The molecule has 192 valence electrons. The van der Waals surface area contributed by atoms with E-state index in [1.54, 1.807) is 14.2 Å². The van der Waals surface area contributed by atoms with Crippen molar-refractivity contribution in [3.63, 3.8) is 0 Å². The molecule has 2 fully saturated rings. The first-order chi connectivity index (χ1) is 16.2. The fourth-order valence-electron chi connectivity index (χ4n) is 6.36. The van der Waals surface area contributed by atoms with Gasteiger partial charge in [-0.3, -0.25) is 9.69 Å². The van der Waals surface area contributed by atoms with Gasteiger partial charge in [-0.25, -0.2) is 0 Å². The molecule has 35 heavy (non-hydrogen) atoms. The second-order valence-corrected chi connectivity index (χ2v) is 12.6. The molecular formula is C28H38BrNO4S. The zero-order valence-electron chi connectivity index (χ0n) is 21.8. The number of rotatable bonds is 8. The summed E-state index contributed by atoms with van der Waals surface area (Å²) >= 11 is 0. The van der Waals surface area contributed by atoms with Crippen LogP contribution in [0.1, 0.15) is 33.6 Å². The fraction of sp³-hybridized carbons (Fsp3) is 0.536. The molecular weight excluding hydrogens is 526 g/mol. The third-order valence-electron chi connectivity index (χ3n) is 8.68. The van der Waals surface area contributed by atoms with E-state index in [0.717, 1.165) is 22.9 Å². The molecule has 0 spiro atoms. The number of hydrogen-bond donors (Lipinski definition) is 0. The fourth-order valence-corrected chi connectivity index (χ4v) is 8.94. The van der Waals surface area contributed by atoms with Crippen LogP contribution in [-0.2, 0) is 20.4 Å². The zero-order valence-corrected chi connectivity index (χ0v) is 24.2. The Labute approximate surface area is 223 Å². The molecule has 1 unspecified atom stereocenters. The molecule has 0 aliphatic heterocycles. The Morgan fingerprint density at radius 1 is 0.943 bits per heavy atom. The number of halogens is 1. The molecule has 2 aromatic rings. The van der Waals surface area contributed by atoms with Gasteiger partial charge in [0.2, 0.25) is 0 Å². The van der Waals surface area contributed by atoms with Crippen molar-refractivity contribution < 1.29 is 36.0 Å². The number of methoxy groups -OCH3 is 3. The summed E-state index contributed by atoms with van der Waals surface area (Å²) < 4.78 is 16.8. The number of hydrogen-bond acceptors (Lipinski definition) is 4. The van der Waals surface area contributed by atoms with Crippen LogP contribution in [0.3, 0.4) is 0 Å². The second-order valence-electron chi connectivity index (χ2n) is 10.4. The van der Waals surface area contributed by atoms with E-state index in [1.807, 2.05) is 60.5 Å². The summed E-state index contributed by atoms with van der Waals surface area (Å²) in [6.07, 6.45) is 4.88. The topological polar surface area (TPSA) is 48.0 Å². The SMILES string of the molecule is COc1ccc(N(C(=O)C[S+](C)[C@@H]2[C@H]3CC[C@@](C)([C@@H]2OC)C3(C)C)c2ccc(OC)cc2)cc1.[Br-]. The summed E-state index contributed by atoms with van der Waals surface area (Å²) in [6.45, 7) is 7.19. The first-order valence-corrected chi connectivity index (χ1v) is 13.8. The lowest BCUT2D eigenvalue weighted by atomic mass is 9.70. The Kier molecular flexibility index (Phi) is 8.55. The molecule has 2 saturated carbocycles. The van der Waals surface area contributed by atoms with Gasteiger partial charge in [-0.05, 0) is 77.7 Å². The number of anilines is 2. The van der Waals surface area contributed by atoms with E-state index in [1.165, 1.54) is 12.8 Å². The molecule has 0 saturated heterocycles. The first kappa shape index (κ1) is 27.9. The Bertz CT molecular complexity index is 965. The minimum absolute atomic E-state index is 0. The van der Waals surface area contributed by atoms with Crippen molar-refractivity contribution >= 4 is 28.2 Å². The Hall–Kier alpha value is -1.70. The number of benzene rings is 2. The van der Waals surface area contributed by atoms with E-state index in [2.05, 4.69) is 27.0 Å². The van der Waals surface area contributed by atoms with Gasteiger partial charge in [0.1, 0.15) is 22.9 Å². The van der Waals surface area contributed by atoms with Gasteiger partial charge in [-0.1, -0.05) is 20.8 Å². The molecule has 5 atom stereocenters. The number of carbonyl (C=O) groups excluding carboxylic acids is 1. The number of carbonyl (C=O) groups is 1. The van der Waals surface area contributed by atoms with Crippen LogP contribution in [-0.4, -0.2) is 50.6 Å². The molecule has 2 aliphatic rings. The summed E-state index contributed by atoms with van der Waals surface area (Å²) in [7, 11) is 5.02. The lowest BCUT2D eigenvalue weighted by Crippen LogP contribution is -3.00. The van der Waals surface area contributed by atoms with Gasteiger partial charge in [0.05, 0.1) is 20.5 Å². The Balaban J connectivity index is 0.00000342. The van der Waals surface area contributed by atoms with Crippen LogP contribution in [0.15, 0.2) is 48.5 Å². The van der Waals surface area contributed by atoms with Gasteiger partial charge >= 0.3 is 0 Å². The average molecular weight is 565 g/mol. The zero-order chi connectivity index (χ0) is 24.7. The molecule has 0 heterocycles. The summed E-state index contributed by atoms with van der Waals surface area (Å²) in [4.78, 5) is 15.7. The molecule has 2 aliphatic carbocycles.